The van der Waals surface area contributed by atoms with Crippen molar-refractivity contribution >= 4 is 5.97 Å². The lowest BCUT2D eigenvalue weighted by Crippen LogP contribution is -2.32. The smallest absolute Gasteiger partial charge is 0.332 e. The topological polar surface area (TPSA) is 101 Å². The van der Waals surface area contributed by atoms with Crippen LogP contribution < -0.4 is 11.1 Å². The van der Waals surface area contributed by atoms with Crippen molar-refractivity contribution in [3.05, 3.63) is 32.8 Å². The first kappa shape index (κ1) is 13.2. The number of nitrogens with zero attached hydrogens (tertiary/aromatic N) is 1. The summed E-state index contributed by atoms with van der Waals surface area (Å²) >= 11 is 0. The molecule has 94 valence electrons. The first-order valence-electron chi connectivity index (χ1n) is 5.19. The monoisotopic (exact) mass is 242 g/mol. The number of H-pyrrole nitrogens is 1. The van der Waals surface area contributed by atoms with Crippen LogP contribution in [0.15, 0.2) is 21.7 Å². The third-order valence-corrected chi connectivity index (χ3v) is 2.15. The fourth-order valence-electron chi connectivity index (χ4n) is 1.35. The number of hydrogen-bond acceptors (Lipinski definition) is 4. The van der Waals surface area contributed by atoms with Gasteiger partial charge in [0.25, 0.3) is 11.1 Å². The summed E-state index contributed by atoms with van der Waals surface area (Å²) in [5.41, 5.74) is -0.793. The van der Waals surface area contributed by atoms with Gasteiger partial charge in [-0.05, 0) is 6.92 Å². The van der Waals surface area contributed by atoms with Gasteiger partial charge in [-0.15, -0.1) is 0 Å². The van der Waals surface area contributed by atoms with Crippen LogP contribution in [0, 0.1) is 0 Å². The van der Waals surface area contributed by atoms with Gasteiger partial charge in [-0.1, -0.05) is 0 Å². The third-order valence-electron chi connectivity index (χ3n) is 2.15. The van der Waals surface area contributed by atoms with Crippen LogP contribution in [-0.4, -0.2) is 33.6 Å². The lowest BCUT2D eigenvalue weighted by atomic mass is 10.2. The first-order chi connectivity index (χ1) is 8.04. The zero-order valence-corrected chi connectivity index (χ0v) is 9.38. The maximum absolute atomic E-state index is 11.3. The SMILES string of the molecule is CCOC(CCn1[nH]c(=O)ccc1=O)C(=O)O. The summed E-state index contributed by atoms with van der Waals surface area (Å²) in [5, 5.41) is 11.1. The van der Waals surface area contributed by atoms with Crippen LogP contribution in [-0.2, 0) is 16.1 Å². The van der Waals surface area contributed by atoms with Gasteiger partial charge in [0.15, 0.2) is 6.10 Å². The summed E-state index contributed by atoms with van der Waals surface area (Å²) in [6.45, 7) is 2.05. The Hall–Kier alpha value is -1.89. The van der Waals surface area contributed by atoms with Crippen molar-refractivity contribution in [2.75, 3.05) is 6.61 Å². The summed E-state index contributed by atoms with van der Waals surface area (Å²) in [6, 6.07) is 2.26. The van der Waals surface area contributed by atoms with E-state index < -0.39 is 17.6 Å². The molecule has 0 radical (unpaired) electrons. The van der Waals surface area contributed by atoms with Gasteiger partial charge in [-0.3, -0.25) is 19.4 Å². The van der Waals surface area contributed by atoms with Crippen LogP contribution in [0.3, 0.4) is 0 Å². The Kier molecular flexibility index (Phi) is 4.65. The van der Waals surface area contributed by atoms with Crippen molar-refractivity contribution in [3.63, 3.8) is 0 Å². The van der Waals surface area contributed by atoms with Crippen molar-refractivity contribution in [3.8, 4) is 0 Å². The molecule has 0 amide bonds. The second kappa shape index (κ2) is 6.00. The Labute approximate surface area is 96.6 Å². The molecule has 0 saturated carbocycles. The largest absolute Gasteiger partial charge is 0.479 e. The number of hydrogen-bond donors (Lipinski definition) is 2. The molecule has 0 aromatic carbocycles. The van der Waals surface area contributed by atoms with Gasteiger partial charge in [-0.2, -0.15) is 0 Å². The molecule has 1 atom stereocenters. The molecule has 0 spiro atoms. The van der Waals surface area contributed by atoms with Crippen molar-refractivity contribution in [1.82, 2.24) is 9.78 Å². The average molecular weight is 242 g/mol. The highest BCUT2D eigenvalue weighted by molar-refractivity contribution is 5.72. The molecule has 0 aliphatic carbocycles. The summed E-state index contributed by atoms with van der Waals surface area (Å²) in [4.78, 5) is 33.1. The zero-order valence-electron chi connectivity index (χ0n) is 9.38. The molecule has 0 bridgehead atoms. The Morgan fingerprint density at radius 3 is 2.82 bits per heavy atom. The normalized spacial score (nSPS) is 12.3. The minimum Gasteiger partial charge on any atom is -0.479 e. The lowest BCUT2D eigenvalue weighted by Gasteiger charge is -2.12. The van der Waals surface area contributed by atoms with E-state index in [1.54, 1.807) is 6.92 Å². The molecule has 0 saturated heterocycles. The summed E-state index contributed by atoms with van der Waals surface area (Å²) < 4.78 is 6.06. The molecule has 7 heteroatoms. The van der Waals surface area contributed by atoms with E-state index in [1.165, 1.54) is 0 Å². The van der Waals surface area contributed by atoms with Crippen LogP contribution in [0.5, 0.6) is 0 Å². The van der Waals surface area contributed by atoms with E-state index in [0.29, 0.717) is 0 Å². The van der Waals surface area contributed by atoms with Crippen molar-refractivity contribution in [2.45, 2.75) is 26.0 Å². The molecule has 1 heterocycles. The number of carboxylic acids is 1. The first-order valence-corrected chi connectivity index (χ1v) is 5.19. The average Bonchev–Trinajstić information content (AvgIpc) is 2.28. The standard InChI is InChI=1S/C10H14N2O5/c1-2-17-7(10(15)16)5-6-12-9(14)4-3-8(13)11-12/h3-4,7H,2,5-6H2,1H3,(H,11,13)(H,15,16). The second-order valence-electron chi connectivity index (χ2n) is 3.37. The van der Waals surface area contributed by atoms with Gasteiger partial charge in [0.05, 0.1) is 0 Å². The fraction of sp³-hybridized carbons (Fsp3) is 0.500. The number of aryl methyl sites for hydroxylation is 1. The van der Waals surface area contributed by atoms with Gasteiger partial charge in [0, 0.05) is 31.7 Å². The number of nitrogens with one attached hydrogen (secondary N) is 1. The number of aliphatic carboxylic acids is 1. The number of aromatic nitrogens is 2. The van der Waals surface area contributed by atoms with Gasteiger partial charge in [0.1, 0.15) is 0 Å². The van der Waals surface area contributed by atoms with Crippen LogP contribution in [0.4, 0.5) is 0 Å². The van der Waals surface area contributed by atoms with E-state index in [2.05, 4.69) is 5.10 Å². The number of ether oxygens (including phenoxy) is 1. The highest BCUT2D eigenvalue weighted by atomic mass is 16.5. The Balaban J connectivity index is 2.71. The summed E-state index contributed by atoms with van der Waals surface area (Å²) in [5.74, 6) is -1.09. The number of carbonyl (C=O) groups is 1. The number of carboxylic acid groups (broad SMARTS) is 1. The van der Waals surface area contributed by atoms with Gasteiger partial charge < -0.3 is 9.84 Å². The van der Waals surface area contributed by atoms with Gasteiger partial charge in [-0.25, -0.2) is 4.79 Å². The Bertz CT molecular complexity index is 490. The number of rotatable bonds is 6. The fourth-order valence-corrected chi connectivity index (χ4v) is 1.35. The van der Waals surface area contributed by atoms with E-state index in [4.69, 9.17) is 9.84 Å². The second-order valence-corrected chi connectivity index (χ2v) is 3.37. The molecule has 0 aliphatic rings. The van der Waals surface area contributed by atoms with E-state index in [0.717, 1.165) is 16.8 Å². The van der Waals surface area contributed by atoms with Crippen LogP contribution >= 0.6 is 0 Å². The van der Waals surface area contributed by atoms with Crippen LogP contribution in [0.2, 0.25) is 0 Å². The lowest BCUT2D eigenvalue weighted by molar-refractivity contribution is -0.150. The van der Waals surface area contributed by atoms with Gasteiger partial charge >= 0.3 is 5.97 Å². The molecule has 7 nitrogen and oxygen atoms in total. The summed E-state index contributed by atoms with van der Waals surface area (Å²) in [6.07, 6.45) is -0.862. The molecule has 0 fully saturated rings. The van der Waals surface area contributed by atoms with Gasteiger partial charge in [0.2, 0.25) is 0 Å². The van der Waals surface area contributed by atoms with Crippen molar-refractivity contribution < 1.29 is 14.6 Å². The Morgan fingerprint density at radius 1 is 1.53 bits per heavy atom. The molecule has 17 heavy (non-hydrogen) atoms. The van der Waals surface area contributed by atoms with Crippen LogP contribution in [0.1, 0.15) is 13.3 Å². The highest BCUT2D eigenvalue weighted by Crippen LogP contribution is 1.99. The van der Waals surface area contributed by atoms with E-state index in [9.17, 15) is 14.4 Å². The predicted octanol–water partition coefficient (Wildman–Crippen LogP) is -0.584. The predicted molar refractivity (Wildman–Crippen MR) is 59.0 cm³/mol. The van der Waals surface area contributed by atoms with E-state index in [1.807, 2.05) is 0 Å². The molecule has 2 N–H and O–H groups in total. The summed E-state index contributed by atoms with van der Waals surface area (Å²) in [7, 11) is 0. The minimum absolute atomic E-state index is 0.0892. The molecule has 1 unspecified atom stereocenters. The molecular weight excluding hydrogens is 228 g/mol. The number of aromatic amines is 1. The van der Waals surface area contributed by atoms with Crippen molar-refractivity contribution in [1.29, 1.82) is 0 Å². The van der Waals surface area contributed by atoms with Crippen molar-refractivity contribution in [2.24, 2.45) is 0 Å². The maximum Gasteiger partial charge on any atom is 0.332 e. The van der Waals surface area contributed by atoms with E-state index in [-0.39, 0.29) is 25.1 Å². The minimum atomic E-state index is -1.09. The quantitative estimate of drug-likeness (QED) is 0.694. The van der Waals surface area contributed by atoms with E-state index >= 15 is 0 Å². The molecule has 1 aromatic heterocycles. The van der Waals surface area contributed by atoms with Crippen LogP contribution in [0.25, 0.3) is 0 Å². The third kappa shape index (κ3) is 3.87. The molecular formula is C10H14N2O5. The highest BCUT2D eigenvalue weighted by Gasteiger charge is 2.17. The molecule has 0 aliphatic heterocycles. The molecule has 1 rings (SSSR count). The maximum atomic E-state index is 11.3. The molecule has 1 aromatic rings. The Morgan fingerprint density at radius 2 is 2.24 bits per heavy atom. The zero-order chi connectivity index (χ0) is 12.8.